The van der Waals surface area contributed by atoms with Gasteiger partial charge in [-0.15, -0.1) is 0 Å². The average molecular weight is 233 g/mol. The van der Waals surface area contributed by atoms with E-state index in [2.05, 4.69) is 17.5 Å². The quantitative estimate of drug-likeness (QED) is 0.884. The summed E-state index contributed by atoms with van der Waals surface area (Å²) < 4.78 is 5.30. The van der Waals surface area contributed by atoms with Crippen molar-refractivity contribution < 1.29 is 4.74 Å². The van der Waals surface area contributed by atoms with E-state index in [1.807, 2.05) is 24.4 Å². The molecule has 1 aromatic carbocycles. The highest BCUT2D eigenvalue weighted by Crippen LogP contribution is 2.26. The molecule has 84 valence electrons. The third kappa shape index (κ3) is 2.10. The Morgan fingerprint density at radius 1 is 1.25 bits per heavy atom. The van der Waals surface area contributed by atoms with Crippen LogP contribution in [0.3, 0.4) is 0 Å². The van der Waals surface area contributed by atoms with Crippen molar-refractivity contribution in [3.05, 3.63) is 51.7 Å². The number of methoxy groups -OCH3 is 1. The first-order chi connectivity index (χ1) is 7.72. The van der Waals surface area contributed by atoms with E-state index < -0.39 is 0 Å². The lowest BCUT2D eigenvalue weighted by atomic mass is 10.0. The van der Waals surface area contributed by atoms with Crippen LogP contribution in [0.15, 0.2) is 35.0 Å². The van der Waals surface area contributed by atoms with Crippen LogP contribution in [-0.4, -0.2) is 7.11 Å². The van der Waals surface area contributed by atoms with Gasteiger partial charge in [0, 0.05) is 0 Å². The van der Waals surface area contributed by atoms with Crippen LogP contribution in [0.2, 0.25) is 0 Å². The second-order valence-electron chi connectivity index (χ2n) is 3.76. The third-order valence-corrected chi connectivity index (χ3v) is 3.39. The van der Waals surface area contributed by atoms with Crippen LogP contribution in [0.1, 0.15) is 22.7 Å². The fourth-order valence-electron chi connectivity index (χ4n) is 1.67. The predicted molar refractivity (Wildman–Crippen MR) is 68.1 cm³/mol. The van der Waals surface area contributed by atoms with E-state index in [-0.39, 0.29) is 6.04 Å². The number of benzene rings is 1. The van der Waals surface area contributed by atoms with Crippen molar-refractivity contribution in [2.45, 2.75) is 13.0 Å². The summed E-state index contributed by atoms with van der Waals surface area (Å²) in [6, 6.07) is 8.10. The number of rotatable bonds is 3. The Hall–Kier alpha value is -1.32. The van der Waals surface area contributed by atoms with E-state index in [0.29, 0.717) is 0 Å². The molecule has 2 rings (SSSR count). The van der Waals surface area contributed by atoms with Crippen molar-refractivity contribution >= 4 is 11.3 Å². The Morgan fingerprint density at radius 3 is 2.69 bits per heavy atom. The molecule has 0 saturated heterocycles. The second kappa shape index (κ2) is 4.68. The predicted octanol–water partition coefficient (Wildman–Crippen LogP) is 3.11. The summed E-state index contributed by atoms with van der Waals surface area (Å²) in [6.07, 6.45) is 0. The maximum absolute atomic E-state index is 6.19. The third-order valence-electron chi connectivity index (χ3n) is 2.69. The summed E-state index contributed by atoms with van der Waals surface area (Å²) in [6.45, 7) is 2.03. The number of ether oxygens (including phenoxy) is 1. The van der Waals surface area contributed by atoms with Gasteiger partial charge in [-0.2, -0.15) is 11.3 Å². The minimum absolute atomic E-state index is 0.0688. The van der Waals surface area contributed by atoms with Crippen LogP contribution in [0, 0.1) is 6.92 Å². The zero-order chi connectivity index (χ0) is 11.5. The minimum atomic E-state index is -0.0688. The monoisotopic (exact) mass is 233 g/mol. The first-order valence-corrected chi connectivity index (χ1v) is 6.09. The Morgan fingerprint density at radius 2 is 2.06 bits per heavy atom. The van der Waals surface area contributed by atoms with Crippen molar-refractivity contribution in [3.8, 4) is 5.75 Å². The number of nitrogens with two attached hydrogens (primary N) is 1. The Kier molecular flexibility index (Phi) is 3.27. The molecule has 1 heterocycles. The molecule has 16 heavy (non-hydrogen) atoms. The van der Waals surface area contributed by atoms with E-state index in [0.717, 1.165) is 22.4 Å². The molecule has 0 amide bonds. The topological polar surface area (TPSA) is 35.2 Å². The lowest BCUT2D eigenvalue weighted by molar-refractivity contribution is 0.411. The molecule has 0 aliphatic carbocycles. The van der Waals surface area contributed by atoms with Crippen molar-refractivity contribution in [3.63, 3.8) is 0 Å². The van der Waals surface area contributed by atoms with Gasteiger partial charge in [-0.3, -0.25) is 0 Å². The second-order valence-corrected chi connectivity index (χ2v) is 4.54. The van der Waals surface area contributed by atoms with Crippen molar-refractivity contribution in [1.29, 1.82) is 0 Å². The minimum Gasteiger partial charge on any atom is -0.496 e. The molecule has 0 spiro atoms. The summed E-state index contributed by atoms with van der Waals surface area (Å²) in [4.78, 5) is 0. The molecule has 0 aliphatic heterocycles. The summed E-state index contributed by atoms with van der Waals surface area (Å²) in [5.74, 6) is 0.892. The first-order valence-electron chi connectivity index (χ1n) is 5.14. The van der Waals surface area contributed by atoms with Gasteiger partial charge >= 0.3 is 0 Å². The fourth-order valence-corrected chi connectivity index (χ4v) is 2.37. The van der Waals surface area contributed by atoms with Crippen LogP contribution in [-0.2, 0) is 0 Å². The molecule has 0 saturated carbocycles. The summed E-state index contributed by atoms with van der Waals surface area (Å²) in [7, 11) is 1.68. The Balaban J connectivity index is 2.34. The van der Waals surface area contributed by atoms with Crippen molar-refractivity contribution in [1.82, 2.24) is 0 Å². The Labute approximate surface area is 99.7 Å². The molecular formula is C13H15NOS. The smallest absolute Gasteiger partial charge is 0.122 e. The van der Waals surface area contributed by atoms with Gasteiger partial charge < -0.3 is 10.5 Å². The lowest BCUT2D eigenvalue weighted by Crippen LogP contribution is -2.11. The van der Waals surface area contributed by atoms with Gasteiger partial charge in [-0.25, -0.2) is 0 Å². The largest absolute Gasteiger partial charge is 0.496 e. The van der Waals surface area contributed by atoms with Gasteiger partial charge in [-0.05, 0) is 46.5 Å². The van der Waals surface area contributed by atoms with Crippen LogP contribution >= 0.6 is 11.3 Å². The fraction of sp³-hybridized carbons (Fsp3) is 0.231. The zero-order valence-electron chi connectivity index (χ0n) is 9.44. The molecule has 0 fully saturated rings. The molecule has 2 aromatic rings. The maximum Gasteiger partial charge on any atom is 0.122 e. The Bertz CT molecular complexity index is 465. The molecule has 2 N–H and O–H groups in total. The number of aryl methyl sites for hydroxylation is 1. The van der Waals surface area contributed by atoms with E-state index in [9.17, 15) is 0 Å². The standard InChI is InChI=1S/C13H15NOS/c1-9-3-4-10(7-12(9)15-2)13(14)11-5-6-16-8-11/h3-8,13H,14H2,1-2H3. The van der Waals surface area contributed by atoms with Crippen molar-refractivity contribution in [2.75, 3.05) is 7.11 Å². The van der Waals surface area contributed by atoms with Gasteiger partial charge in [0.15, 0.2) is 0 Å². The normalized spacial score (nSPS) is 12.4. The van der Waals surface area contributed by atoms with Crippen LogP contribution in [0.5, 0.6) is 5.75 Å². The highest BCUT2D eigenvalue weighted by Gasteiger charge is 2.10. The van der Waals surface area contributed by atoms with Crippen LogP contribution in [0.4, 0.5) is 0 Å². The summed E-state index contributed by atoms with van der Waals surface area (Å²) >= 11 is 1.66. The molecule has 0 bridgehead atoms. The van der Waals surface area contributed by atoms with Gasteiger partial charge in [0.05, 0.1) is 13.2 Å². The van der Waals surface area contributed by atoms with Crippen LogP contribution < -0.4 is 10.5 Å². The molecule has 2 nitrogen and oxygen atoms in total. The van der Waals surface area contributed by atoms with E-state index in [4.69, 9.17) is 10.5 Å². The summed E-state index contributed by atoms with van der Waals surface area (Å²) in [5, 5.41) is 4.12. The SMILES string of the molecule is COc1cc(C(N)c2ccsc2)ccc1C. The van der Waals surface area contributed by atoms with E-state index in [1.165, 1.54) is 0 Å². The lowest BCUT2D eigenvalue weighted by Gasteiger charge is -2.13. The molecule has 1 unspecified atom stereocenters. The van der Waals surface area contributed by atoms with Gasteiger partial charge in [0.2, 0.25) is 0 Å². The number of thiophene rings is 1. The van der Waals surface area contributed by atoms with E-state index >= 15 is 0 Å². The maximum atomic E-state index is 6.19. The highest BCUT2D eigenvalue weighted by atomic mass is 32.1. The van der Waals surface area contributed by atoms with Gasteiger partial charge in [-0.1, -0.05) is 12.1 Å². The average Bonchev–Trinajstić information content (AvgIpc) is 2.82. The molecule has 1 aromatic heterocycles. The van der Waals surface area contributed by atoms with E-state index in [1.54, 1.807) is 18.4 Å². The van der Waals surface area contributed by atoms with Gasteiger partial charge in [0.25, 0.3) is 0 Å². The molecule has 1 atom stereocenters. The van der Waals surface area contributed by atoms with Crippen LogP contribution in [0.25, 0.3) is 0 Å². The summed E-state index contributed by atoms with van der Waals surface area (Å²) in [5.41, 5.74) is 9.55. The molecule has 3 heteroatoms. The number of hydrogen-bond donors (Lipinski definition) is 1. The molecule has 0 radical (unpaired) electrons. The van der Waals surface area contributed by atoms with Gasteiger partial charge in [0.1, 0.15) is 5.75 Å². The highest BCUT2D eigenvalue weighted by molar-refractivity contribution is 7.08. The number of hydrogen-bond acceptors (Lipinski definition) is 3. The zero-order valence-corrected chi connectivity index (χ0v) is 10.3. The molecular weight excluding hydrogens is 218 g/mol. The van der Waals surface area contributed by atoms with Crippen molar-refractivity contribution in [2.24, 2.45) is 5.73 Å². The molecule has 0 aliphatic rings. The first kappa shape index (κ1) is 11.2.